The summed E-state index contributed by atoms with van der Waals surface area (Å²) in [6, 6.07) is 4.44. The summed E-state index contributed by atoms with van der Waals surface area (Å²) < 4.78 is 15.9. The molecule has 2 aliphatic rings. The first-order chi connectivity index (χ1) is 12.1. The van der Waals surface area contributed by atoms with E-state index in [4.69, 9.17) is 14.0 Å². The minimum atomic E-state index is -0.667. The lowest BCUT2D eigenvalue weighted by Crippen LogP contribution is -2.17. The fraction of sp³-hybridized carbons (Fsp3) is 0.400. The summed E-state index contributed by atoms with van der Waals surface area (Å²) in [5, 5.41) is 17.1. The number of anilines is 1. The maximum atomic E-state index is 12.1. The molecule has 2 atom stereocenters. The first kappa shape index (κ1) is 15.4. The van der Waals surface area contributed by atoms with Gasteiger partial charge < -0.3 is 19.3 Å². The molecule has 1 N–H and O–H groups in total. The Morgan fingerprint density at radius 3 is 2.88 bits per heavy atom. The summed E-state index contributed by atoms with van der Waals surface area (Å²) in [5.74, 6) is 0.938. The number of aromatic nitrogens is 2. The third-order valence-electron chi connectivity index (χ3n) is 3.97. The first-order valence-electron chi connectivity index (χ1n) is 7.75. The van der Waals surface area contributed by atoms with Gasteiger partial charge in [0.1, 0.15) is 19.1 Å². The van der Waals surface area contributed by atoms with Crippen molar-refractivity contribution in [1.82, 2.24) is 10.1 Å². The van der Waals surface area contributed by atoms with Crippen molar-refractivity contribution in [2.45, 2.75) is 24.8 Å². The van der Waals surface area contributed by atoms with Gasteiger partial charge in [0.25, 0.3) is 0 Å². The van der Waals surface area contributed by atoms with Crippen LogP contribution in [0.15, 0.2) is 22.7 Å². The molecule has 0 saturated heterocycles. The van der Waals surface area contributed by atoms with Crippen molar-refractivity contribution >= 4 is 11.6 Å². The van der Waals surface area contributed by atoms with Crippen LogP contribution in [0.1, 0.15) is 24.1 Å². The molecule has 1 aromatic carbocycles. The fourth-order valence-corrected chi connectivity index (χ4v) is 2.64. The first-order valence-corrected chi connectivity index (χ1v) is 7.75. The number of hydrogen-bond acceptors (Lipinski definition) is 8. The number of nitrogens with zero attached hydrogens (tertiary/aromatic N) is 3. The van der Waals surface area contributed by atoms with Crippen molar-refractivity contribution in [1.29, 1.82) is 0 Å². The highest BCUT2D eigenvalue weighted by atomic mass is 16.6. The summed E-state index contributed by atoms with van der Waals surface area (Å²) in [6.45, 7) is 0.958. The van der Waals surface area contributed by atoms with Crippen molar-refractivity contribution in [2.75, 3.05) is 18.5 Å². The van der Waals surface area contributed by atoms with Crippen LogP contribution >= 0.6 is 0 Å². The molecule has 1 saturated carbocycles. The molecule has 0 bridgehead atoms. The Kier molecular flexibility index (Phi) is 3.71. The van der Waals surface area contributed by atoms with E-state index in [9.17, 15) is 14.9 Å². The highest BCUT2D eigenvalue weighted by Crippen LogP contribution is 2.41. The minimum Gasteiger partial charge on any atom is -0.486 e. The smallest absolute Gasteiger partial charge is 0.236 e. The maximum Gasteiger partial charge on any atom is 0.236 e. The molecule has 4 rings (SSSR count). The molecule has 2 heterocycles. The SMILES string of the molecule is O=C(Cc1noc([C@@H]2C[C@@H]2[N+](=O)[O-])n1)Nc1ccc2c(c1)OCCO2. The standard InChI is InChI=1S/C15H14N4O6/c20-14(16-8-1-2-11-12(5-8)24-4-3-23-11)7-13-17-15(25-18-13)9-6-10(9)19(21)22/h1-2,5,9-10H,3-4,6-7H2,(H,16,20)/t9-,10+/m1/s1. The number of carbonyl (C=O) groups is 1. The molecule has 0 spiro atoms. The van der Waals surface area contributed by atoms with Crippen LogP contribution in [0, 0.1) is 10.1 Å². The average Bonchev–Trinajstić information content (AvgIpc) is 3.28. The lowest BCUT2D eigenvalue weighted by atomic mass is 10.2. The van der Waals surface area contributed by atoms with E-state index in [1.165, 1.54) is 0 Å². The zero-order chi connectivity index (χ0) is 17.4. The molecule has 1 aliphatic carbocycles. The summed E-state index contributed by atoms with van der Waals surface area (Å²) in [5.41, 5.74) is 0.563. The number of fused-ring (bicyclic) bond motifs is 1. The van der Waals surface area contributed by atoms with Crippen LogP contribution in [0.2, 0.25) is 0 Å². The molecule has 1 aliphatic heterocycles. The van der Waals surface area contributed by atoms with E-state index in [1.807, 2.05) is 0 Å². The number of ether oxygens (including phenoxy) is 2. The Bertz CT molecular complexity index is 835. The van der Waals surface area contributed by atoms with Crippen LogP contribution in [0.5, 0.6) is 11.5 Å². The van der Waals surface area contributed by atoms with E-state index in [1.54, 1.807) is 18.2 Å². The molecule has 10 heteroatoms. The van der Waals surface area contributed by atoms with E-state index >= 15 is 0 Å². The Balaban J connectivity index is 1.36. The van der Waals surface area contributed by atoms with Gasteiger partial charge in [-0.3, -0.25) is 14.9 Å². The number of carbonyl (C=O) groups excluding carboxylic acids is 1. The largest absolute Gasteiger partial charge is 0.486 e. The summed E-state index contributed by atoms with van der Waals surface area (Å²) in [6.07, 6.45) is 0.297. The van der Waals surface area contributed by atoms with Gasteiger partial charge in [0.05, 0.1) is 6.42 Å². The average molecular weight is 346 g/mol. The summed E-state index contributed by atoms with van der Waals surface area (Å²) in [7, 11) is 0. The highest BCUT2D eigenvalue weighted by Gasteiger charge is 2.53. The minimum absolute atomic E-state index is 0.0895. The van der Waals surface area contributed by atoms with Gasteiger partial charge >= 0.3 is 0 Å². The molecule has 25 heavy (non-hydrogen) atoms. The predicted molar refractivity (Wildman–Crippen MR) is 82.2 cm³/mol. The van der Waals surface area contributed by atoms with Gasteiger partial charge in [-0.25, -0.2) is 0 Å². The Hall–Kier alpha value is -3.17. The third kappa shape index (κ3) is 3.23. The quantitative estimate of drug-likeness (QED) is 0.630. The van der Waals surface area contributed by atoms with Crippen LogP contribution < -0.4 is 14.8 Å². The van der Waals surface area contributed by atoms with Gasteiger partial charge in [0.2, 0.25) is 17.8 Å². The zero-order valence-corrected chi connectivity index (χ0v) is 13.0. The number of amides is 1. The van der Waals surface area contributed by atoms with E-state index in [2.05, 4.69) is 15.5 Å². The van der Waals surface area contributed by atoms with Crippen molar-refractivity contribution in [3.63, 3.8) is 0 Å². The van der Waals surface area contributed by atoms with Gasteiger partial charge in [-0.05, 0) is 12.1 Å². The second kappa shape index (κ2) is 6.04. The second-order valence-electron chi connectivity index (χ2n) is 5.83. The molecule has 2 aromatic rings. The molecule has 0 radical (unpaired) electrons. The Morgan fingerprint density at radius 1 is 1.32 bits per heavy atom. The van der Waals surface area contributed by atoms with Crippen LogP contribution in [0.4, 0.5) is 5.69 Å². The summed E-state index contributed by atoms with van der Waals surface area (Å²) >= 11 is 0. The van der Waals surface area contributed by atoms with Crippen LogP contribution in [0.25, 0.3) is 0 Å². The monoisotopic (exact) mass is 346 g/mol. The van der Waals surface area contributed by atoms with Crippen molar-refractivity contribution in [3.05, 3.63) is 40.0 Å². The van der Waals surface area contributed by atoms with E-state index in [0.717, 1.165) is 0 Å². The van der Waals surface area contributed by atoms with Crippen LogP contribution in [-0.2, 0) is 11.2 Å². The number of rotatable bonds is 5. The molecule has 1 amide bonds. The second-order valence-corrected chi connectivity index (χ2v) is 5.83. The maximum absolute atomic E-state index is 12.1. The molecular formula is C15H14N4O6. The lowest BCUT2D eigenvalue weighted by Gasteiger charge is -2.18. The van der Waals surface area contributed by atoms with Gasteiger partial charge in [0, 0.05) is 23.1 Å². The Labute approximate surface area is 141 Å². The number of nitrogens with one attached hydrogen (secondary N) is 1. The number of benzene rings is 1. The molecular weight excluding hydrogens is 332 g/mol. The summed E-state index contributed by atoms with van der Waals surface area (Å²) in [4.78, 5) is 26.5. The van der Waals surface area contributed by atoms with Gasteiger partial charge in [-0.2, -0.15) is 4.98 Å². The Morgan fingerprint density at radius 2 is 2.12 bits per heavy atom. The number of hydrogen-bond donors (Lipinski definition) is 1. The molecule has 130 valence electrons. The van der Waals surface area contributed by atoms with Crippen molar-refractivity contribution in [3.8, 4) is 11.5 Å². The molecule has 10 nitrogen and oxygen atoms in total. The van der Waals surface area contributed by atoms with Gasteiger partial charge in [-0.1, -0.05) is 5.16 Å². The third-order valence-corrected chi connectivity index (χ3v) is 3.97. The molecule has 1 aromatic heterocycles. The van der Waals surface area contributed by atoms with Gasteiger partial charge in [0.15, 0.2) is 17.3 Å². The van der Waals surface area contributed by atoms with E-state index in [0.29, 0.717) is 36.8 Å². The van der Waals surface area contributed by atoms with Crippen molar-refractivity contribution in [2.24, 2.45) is 0 Å². The topological polar surface area (TPSA) is 130 Å². The van der Waals surface area contributed by atoms with Gasteiger partial charge in [-0.15, -0.1) is 0 Å². The number of nitro groups is 1. The fourth-order valence-electron chi connectivity index (χ4n) is 2.64. The normalized spacial score (nSPS) is 20.8. The highest BCUT2D eigenvalue weighted by molar-refractivity contribution is 5.92. The van der Waals surface area contributed by atoms with E-state index < -0.39 is 6.04 Å². The van der Waals surface area contributed by atoms with Crippen molar-refractivity contribution < 1.29 is 23.7 Å². The predicted octanol–water partition coefficient (Wildman–Crippen LogP) is 1.15. The zero-order valence-electron chi connectivity index (χ0n) is 13.0. The van der Waals surface area contributed by atoms with Crippen LogP contribution in [-0.4, -0.2) is 40.2 Å². The van der Waals surface area contributed by atoms with E-state index in [-0.39, 0.29) is 34.9 Å². The lowest BCUT2D eigenvalue weighted by molar-refractivity contribution is -0.496. The van der Waals surface area contributed by atoms with Crippen LogP contribution in [0.3, 0.4) is 0 Å². The molecule has 0 unspecified atom stereocenters. The molecule has 1 fully saturated rings.